The monoisotopic (exact) mass is 154 g/mol. The van der Waals surface area contributed by atoms with Gasteiger partial charge >= 0.3 is 0 Å². The summed E-state index contributed by atoms with van der Waals surface area (Å²) in [6, 6.07) is 0. The molecule has 0 aliphatic rings. The molecule has 3 heteroatoms. The Morgan fingerprint density at radius 3 is 1.88 bits per heavy atom. The molecule has 0 saturated carbocycles. The zero-order chi connectivity index (χ0) is 6.73. The summed E-state index contributed by atoms with van der Waals surface area (Å²) in [6.45, 7) is 3.69. The van der Waals surface area contributed by atoms with Crippen LogP contribution in [0.5, 0.6) is 0 Å². The number of hydrogen-bond donors (Lipinski definition) is 0. The second kappa shape index (κ2) is 3.31. The first-order valence-electron chi connectivity index (χ1n) is 2.39. The second-order valence-corrected chi connectivity index (χ2v) is 2.79. The summed E-state index contributed by atoms with van der Waals surface area (Å²) in [5, 5.41) is -1.00. The van der Waals surface area contributed by atoms with E-state index in [1.807, 2.05) is 13.8 Å². The van der Waals surface area contributed by atoms with Gasteiger partial charge in [0.2, 0.25) is 5.24 Å². The number of carbonyl (C=O) groups excluding carboxylic acids is 1. The molecule has 0 bridgehead atoms. The Bertz CT molecular complexity index is 90.4. The predicted molar refractivity (Wildman–Crippen MR) is 35.3 cm³/mol. The molecule has 1 nitrogen and oxygen atoms in total. The number of rotatable bonds is 2. The van der Waals surface area contributed by atoms with Gasteiger partial charge in [0.15, 0.2) is 0 Å². The fourth-order valence-electron chi connectivity index (χ4n) is 0.262. The molecule has 0 heterocycles. The Hall–Kier alpha value is 0.250. The topological polar surface area (TPSA) is 17.1 Å². The van der Waals surface area contributed by atoms with Crippen LogP contribution >= 0.6 is 23.2 Å². The predicted octanol–water partition coefficient (Wildman–Crippen LogP) is 2.02. The minimum Gasteiger partial charge on any atom is -0.280 e. The maximum atomic E-state index is 10.2. The van der Waals surface area contributed by atoms with Crippen LogP contribution in [0.25, 0.3) is 0 Å². The van der Waals surface area contributed by atoms with Crippen molar-refractivity contribution in [1.29, 1.82) is 0 Å². The average molecular weight is 155 g/mol. The van der Waals surface area contributed by atoms with Crippen LogP contribution in [-0.4, -0.2) is 10.6 Å². The third kappa shape index (κ3) is 2.53. The molecule has 0 fully saturated rings. The molecule has 0 radical (unpaired) electrons. The van der Waals surface area contributed by atoms with E-state index < -0.39 is 10.6 Å². The van der Waals surface area contributed by atoms with E-state index in [9.17, 15) is 4.79 Å². The smallest absolute Gasteiger partial charge is 0.239 e. The van der Waals surface area contributed by atoms with Gasteiger partial charge in [0, 0.05) is 0 Å². The summed E-state index contributed by atoms with van der Waals surface area (Å²) in [6.07, 6.45) is 0. The fourth-order valence-corrected chi connectivity index (χ4v) is 0.514. The lowest BCUT2D eigenvalue weighted by molar-refractivity contribution is -0.111. The van der Waals surface area contributed by atoms with Gasteiger partial charge in [-0.1, -0.05) is 13.8 Å². The van der Waals surface area contributed by atoms with E-state index in [2.05, 4.69) is 0 Å². The van der Waals surface area contributed by atoms with E-state index in [1.165, 1.54) is 0 Å². The largest absolute Gasteiger partial charge is 0.280 e. The van der Waals surface area contributed by atoms with E-state index in [1.54, 1.807) is 0 Å². The summed E-state index contributed by atoms with van der Waals surface area (Å²) in [5.74, 6) is 0.127. The number of alkyl halides is 1. The highest BCUT2D eigenvalue weighted by molar-refractivity contribution is 6.69. The molecule has 1 atom stereocenters. The van der Waals surface area contributed by atoms with Crippen molar-refractivity contribution in [1.82, 2.24) is 0 Å². The van der Waals surface area contributed by atoms with E-state index in [0.717, 1.165) is 0 Å². The summed E-state index contributed by atoms with van der Waals surface area (Å²) in [4.78, 5) is 10.2. The average Bonchev–Trinajstić information content (AvgIpc) is 1.64. The lowest BCUT2D eigenvalue weighted by atomic mass is 10.1. The van der Waals surface area contributed by atoms with Crippen LogP contribution in [0, 0.1) is 5.92 Å². The molecule has 0 aliphatic heterocycles. The molecule has 0 aromatic heterocycles. The van der Waals surface area contributed by atoms with Gasteiger partial charge < -0.3 is 0 Å². The van der Waals surface area contributed by atoms with E-state index in [-0.39, 0.29) is 5.92 Å². The van der Waals surface area contributed by atoms with Gasteiger partial charge in [0.05, 0.1) is 0 Å². The highest BCUT2D eigenvalue weighted by Crippen LogP contribution is 2.11. The maximum absolute atomic E-state index is 10.2. The Morgan fingerprint density at radius 2 is 1.88 bits per heavy atom. The Morgan fingerprint density at radius 1 is 1.50 bits per heavy atom. The molecular weight excluding hydrogens is 147 g/mol. The Balaban J connectivity index is 3.64. The zero-order valence-electron chi connectivity index (χ0n) is 4.82. The van der Waals surface area contributed by atoms with Crippen molar-refractivity contribution in [2.45, 2.75) is 19.2 Å². The van der Waals surface area contributed by atoms with Gasteiger partial charge in [0.25, 0.3) is 0 Å². The third-order valence-corrected chi connectivity index (χ3v) is 1.85. The molecule has 0 aromatic rings. The van der Waals surface area contributed by atoms with Crippen LogP contribution in [0.3, 0.4) is 0 Å². The zero-order valence-corrected chi connectivity index (χ0v) is 6.33. The standard InChI is InChI=1S/C5H8Cl2O/c1-3(2)4(6)5(7)8/h3-4H,1-2H3/t4-/m1/s1. The first kappa shape index (κ1) is 8.25. The summed E-state index contributed by atoms with van der Waals surface area (Å²) in [5.41, 5.74) is 0. The molecular formula is C5H8Cl2O. The van der Waals surface area contributed by atoms with Crippen molar-refractivity contribution in [3.8, 4) is 0 Å². The molecule has 0 aromatic carbocycles. The SMILES string of the molecule is CC(C)[C@@H](Cl)C(=O)Cl. The molecule has 0 saturated heterocycles. The number of halogens is 2. The second-order valence-electron chi connectivity index (χ2n) is 1.95. The fraction of sp³-hybridized carbons (Fsp3) is 0.800. The van der Waals surface area contributed by atoms with Gasteiger partial charge in [-0.3, -0.25) is 4.79 Å². The Labute approximate surface area is 59.0 Å². The molecule has 0 N–H and O–H groups in total. The van der Waals surface area contributed by atoms with Gasteiger partial charge in [0.1, 0.15) is 5.38 Å². The lowest BCUT2D eigenvalue weighted by Crippen LogP contribution is -2.14. The molecule has 0 rings (SSSR count). The van der Waals surface area contributed by atoms with Gasteiger partial charge in [-0.15, -0.1) is 11.6 Å². The molecule has 0 amide bonds. The van der Waals surface area contributed by atoms with Gasteiger partial charge in [-0.25, -0.2) is 0 Å². The quantitative estimate of drug-likeness (QED) is 0.440. The minimum atomic E-state index is -0.531. The van der Waals surface area contributed by atoms with E-state index in [0.29, 0.717) is 0 Å². The summed E-state index contributed by atoms with van der Waals surface area (Å²) >= 11 is 10.5. The summed E-state index contributed by atoms with van der Waals surface area (Å²) in [7, 11) is 0. The minimum absolute atomic E-state index is 0.127. The molecule has 0 unspecified atom stereocenters. The Kier molecular flexibility index (Phi) is 3.41. The van der Waals surface area contributed by atoms with E-state index >= 15 is 0 Å². The maximum Gasteiger partial charge on any atom is 0.239 e. The first-order chi connectivity index (χ1) is 3.55. The van der Waals surface area contributed by atoms with Crippen LogP contribution in [0.4, 0.5) is 0 Å². The van der Waals surface area contributed by atoms with E-state index in [4.69, 9.17) is 23.2 Å². The van der Waals surface area contributed by atoms with Gasteiger partial charge in [-0.05, 0) is 17.5 Å². The highest BCUT2D eigenvalue weighted by atomic mass is 35.5. The van der Waals surface area contributed by atoms with Crippen LogP contribution < -0.4 is 0 Å². The highest BCUT2D eigenvalue weighted by Gasteiger charge is 2.15. The van der Waals surface area contributed by atoms with Crippen molar-refractivity contribution in [3.63, 3.8) is 0 Å². The van der Waals surface area contributed by atoms with Crippen molar-refractivity contribution in [2.24, 2.45) is 5.92 Å². The van der Waals surface area contributed by atoms with Crippen molar-refractivity contribution >= 4 is 28.4 Å². The molecule has 48 valence electrons. The van der Waals surface area contributed by atoms with Gasteiger partial charge in [-0.2, -0.15) is 0 Å². The number of hydrogen-bond acceptors (Lipinski definition) is 1. The normalized spacial score (nSPS) is 14.1. The molecule has 0 aliphatic carbocycles. The van der Waals surface area contributed by atoms with Crippen molar-refractivity contribution < 1.29 is 4.79 Å². The lowest BCUT2D eigenvalue weighted by Gasteiger charge is -2.05. The number of carbonyl (C=O) groups is 1. The first-order valence-corrected chi connectivity index (χ1v) is 3.20. The summed E-state index contributed by atoms with van der Waals surface area (Å²) < 4.78 is 0. The van der Waals surface area contributed by atoms with Crippen molar-refractivity contribution in [3.05, 3.63) is 0 Å². The van der Waals surface area contributed by atoms with Crippen molar-refractivity contribution in [2.75, 3.05) is 0 Å². The van der Waals surface area contributed by atoms with Crippen LogP contribution in [0.1, 0.15) is 13.8 Å². The third-order valence-electron chi connectivity index (χ3n) is 0.802. The van der Waals surface area contributed by atoms with Crippen LogP contribution in [0.2, 0.25) is 0 Å². The molecule has 8 heavy (non-hydrogen) atoms. The van der Waals surface area contributed by atoms with Crippen LogP contribution in [-0.2, 0) is 4.79 Å². The van der Waals surface area contributed by atoms with Crippen LogP contribution in [0.15, 0.2) is 0 Å². The molecule has 0 spiro atoms.